The fraction of sp³-hybridized carbons (Fsp3) is 0.783. The van der Waals surface area contributed by atoms with E-state index in [0.29, 0.717) is 25.9 Å². The summed E-state index contributed by atoms with van der Waals surface area (Å²) in [5.41, 5.74) is 0. The SMILES string of the molecule is CC1NC(=O)C2CCCCN2C(=O)[C@@H]2C[C@@H](O)CN2C(=O)CCOC(=O)C2C[C@@H](C)CN2C1=O. The summed E-state index contributed by atoms with van der Waals surface area (Å²) in [6, 6.07) is -3.26. The Morgan fingerprint density at radius 2 is 1.65 bits per heavy atom. The van der Waals surface area contributed by atoms with Gasteiger partial charge >= 0.3 is 5.97 Å². The monoisotopic (exact) mass is 478 g/mol. The Hall–Kier alpha value is -2.69. The lowest BCUT2D eigenvalue weighted by molar-refractivity contribution is -0.156. The second-order valence-corrected chi connectivity index (χ2v) is 9.99. The molecule has 11 nitrogen and oxygen atoms in total. The van der Waals surface area contributed by atoms with Crippen LogP contribution in [0.3, 0.4) is 0 Å². The van der Waals surface area contributed by atoms with Crippen molar-refractivity contribution < 1.29 is 33.8 Å². The van der Waals surface area contributed by atoms with Crippen molar-refractivity contribution in [1.29, 1.82) is 0 Å². The minimum Gasteiger partial charge on any atom is -0.464 e. The van der Waals surface area contributed by atoms with Crippen LogP contribution in [0.15, 0.2) is 0 Å². The molecule has 0 aromatic heterocycles. The van der Waals surface area contributed by atoms with Gasteiger partial charge in [-0.1, -0.05) is 6.92 Å². The van der Waals surface area contributed by atoms with Gasteiger partial charge in [-0.2, -0.15) is 0 Å². The zero-order valence-electron chi connectivity index (χ0n) is 19.8. The average molecular weight is 479 g/mol. The number of nitrogens with one attached hydrogen (secondary N) is 1. The molecule has 0 saturated carbocycles. The van der Waals surface area contributed by atoms with E-state index in [9.17, 15) is 29.1 Å². The van der Waals surface area contributed by atoms with Crippen molar-refractivity contribution in [2.75, 3.05) is 26.2 Å². The number of nitrogens with zero attached hydrogens (tertiary/aromatic N) is 3. The summed E-state index contributed by atoms with van der Waals surface area (Å²) in [7, 11) is 0. The van der Waals surface area contributed by atoms with E-state index in [1.54, 1.807) is 6.92 Å². The highest BCUT2D eigenvalue weighted by Gasteiger charge is 2.45. The number of hydrogen-bond donors (Lipinski definition) is 2. The number of carbonyl (C=O) groups is 5. The molecule has 4 heterocycles. The van der Waals surface area contributed by atoms with Crippen LogP contribution < -0.4 is 5.32 Å². The molecule has 4 rings (SSSR count). The van der Waals surface area contributed by atoms with Gasteiger partial charge in [-0.25, -0.2) is 4.79 Å². The van der Waals surface area contributed by atoms with Crippen molar-refractivity contribution in [3.63, 3.8) is 0 Å². The maximum absolute atomic E-state index is 13.5. The third kappa shape index (κ3) is 4.75. The molecule has 4 amide bonds. The standard InChI is InChI=1S/C23H34N4O7/c1-13-9-18-23(33)34-8-6-19(29)26-12-15(28)10-17(26)22(32)25-7-4-3-5-16(25)20(30)24-14(2)21(31)27(18)11-13/h13-18,28H,3-12H2,1-2H3,(H,24,30)/t13-,14?,15-,16?,17+,18?/m1/s1. The van der Waals surface area contributed by atoms with Gasteiger partial charge in [0.2, 0.25) is 23.6 Å². The first-order valence-electron chi connectivity index (χ1n) is 12.2. The fourth-order valence-electron chi connectivity index (χ4n) is 5.59. The molecule has 0 aliphatic carbocycles. The zero-order valence-corrected chi connectivity index (χ0v) is 19.8. The van der Waals surface area contributed by atoms with E-state index in [4.69, 9.17) is 4.74 Å². The van der Waals surface area contributed by atoms with Crippen LogP contribution in [-0.2, 0) is 28.7 Å². The fourth-order valence-corrected chi connectivity index (χ4v) is 5.59. The van der Waals surface area contributed by atoms with Crippen LogP contribution in [0.5, 0.6) is 0 Å². The summed E-state index contributed by atoms with van der Waals surface area (Å²) < 4.78 is 5.34. The highest BCUT2D eigenvalue weighted by molar-refractivity contribution is 5.95. The molecule has 0 aromatic carbocycles. The minimum atomic E-state index is -0.871. The van der Waals surface area contributed by atoms with Crippen LogP contribution in [0.25, 0.3) is 0 Å². The number of aliphatic hydroxyl groups excluding tert-OH is 1. The molecule has 34 heavy (non-hydrogen) atoms. The van der Waals surface area contributed by atoms with Gasteiger partial charge < -0.3 is 29.9 Å². The smallest absolute Gasteiger partial charge is 0.328 e. The average Bonchev–Trinajstić information content (AvgIpc) is 3.40. The maximum atomic E-state index is 13.5. The van der Waals surface area contributed by atoms with Crippen molar-refractivity contribution in [3.05, 3.63) is 0 Å². The number of piperidine rings is 1. The summed E-state index contributed by atoms with van der Waals surface area (Å²) in [4.78, 5) is 69.7. The predicted octanol–water partition coefficient (Wildman–Crippen LogP) is -0.982. The van der Waals surface area contributed by atoms with Gasteiger partial charge in [-0.3, -0.25) is 19.2 Å². The van der Waals surface area contributed by atoms with Gasteiger partial charge in [0.1, 0.15) is 30.8 Å². The molecule has 11 heteroatoms. The van der Waals surface area contributed by atoms with Crippen LogP contribution in [0.1, 0.15) is 52.4 Å². The van der Waals surface area contributed by atoms with Crippen molar-refractivity contribution >= 4 is 29.6 Å². The molecule has 0 bridgehead atoms. The van der Waals surface area contributed by atoms with Gasteiger partial charge in [0.25, 0.3) is 0 Å². The molecule has 4 fully saturated rings. The highest BCUT2D eigenvalue weighted by atomic mass is 16.5. The number of rotatable bonds is 0. The number of carbonyl (C=O) groups excluding carboxylic acids is 5. The van der Waals surface area contributed by atoms with E-state index in [2.05, 4.69) is 5.32 Å². The van der Waals surface area contributed by atoms with Gasteiger partial charge in [-0.05, 0) is 38.5 Å². The third-order valence-corrected chi connectivity index (χ3v) is 7.33. The van der Waals surface area contributed by atoms with E-state index < -0.39 is 48.1 Å². The molecule has 3 unspecified atom stereocenters. The van der Waals surface area contributed by atoms with Crippen molar-refractivity contribution in [3.8, 4) is 0 Å². The van der Waals surface area contributed by atoms with Crippen LogP contribution >= 0.6 is 0 Å². The summed E-state index contributed by atoms with van der Waals surface area (Å²) >= 11 is 0. The number of ether oxygens (including phenoxy) is 1. The lowest BCUT2D eigenvalue weighted by atomic mass is 9.99. The molecule has 4 saturated heterocycles. The highest BCUT2D eigenvalue weighted by Crippen LogP contribution is 2.27. The molecule has 188 valence electrons. The lowest BCUT2D eigenvalue weighted by Crippen LogP contribution is -2.59. The molecular weight excluding hydrogens is 444 g/mol. The first-order chi connectivity index (χ1) is 16.2. The maximum Gasteiger partial charge on any atom is 0.328 e. The van der Waals surface area contributed by atoms with Crippen molar-refractivity contribution in [1.82, 2.24) is 20.0 Å². The molecule has 0 radical (unpaired) electrons. The van der Waals surface area contributed by atoms with Gasteiger partial charge in [0, 0.05) is 26.1 Å². The van der Waals surface area contributed by atoms with Crippen LogP contribution in [0, 0.1) is 5.92 Å². The van der Waals surface area contributed by atoms with E-state index in [0.717, 1.165) is 12.8 Å². The Morgan fingerprint density at radius 3 is 2.41 bits per heavy atom. The van der Waals surface area contributed by atoms with Crippen molar-refractivity contribution in [2.45, 2.75) is 82.6 Å². The minimum absolute atomic E-state index is 0.0212. The summed E-state index contributed by atoms with van der Waals surface area (Å²) in [5.74, 6) is -2.06. The Morgan fingerprint density at radius 1 is 0.882 bits per heavy atom. The number of amides is 4. The van der Waals surface area contributed by atoms with E-state index in [-0.39, 0.29) is 43.7 Å². The summed E-state index contributed by atoms with van der Waals surface area (Å²) in [6.07, 6.45) is 1.53. The topological polar surface area (TPSA) is 137 Å². The molecule has 0 spiro atoms. The molecule has 2 N–H and O–H groups in total. The first kappa shape index (κ1) is 24.4. The number of cyclic esters (lactones) is 1. The lowest BCUT2D eigenvalue weighted by Gasteiger charge is -2.38. The molecular formula is C23H34N4O7. The number of aliphatic hydroxyl groups is 1. The Kier molecular flexibility index (Phi) is 7.11. The molecule has 4 aliphatic heterocycles. The molecule has 6 atom stereocenters. The molecule has 4 aliphatic rings. The number of esters is 1. The second kappa shape index (κ2) is 9.89. The van der Waals surface area contributed by atoms with E-state index in [1.807, 2.05) is 6.92 Å². The zero-order chi connectivity index (χ0) is 24.6. The summed E-state index contributed by atoms with van der Waals surface area (Å²) in [5, 5.41) is 12.9. The van der Waals surface area contributed by atoms with Crippen LogP contribution in [-0.4, -0.2) is 106 Å². The van der Waals surface area contributed by atoms with E-state index in [1.165, 1.54) is 14.7 Å². The second-order valence-electron chi connectivity index (χ2n) is 9.99. The molecule has 0 aromatic rings. The van der Waals surface area contributed by atoms with Crippen LogP contribution in [0.4, 0.5) is 0 Å². The summed E-state index contributed by atoms with van der Waals surface area (Å²) in [6.45, 7) is 4.12. The first-order valence-corrected chi connectivity index (χ1v) is 12.2. The largest absolute Gasteiger partial charge is 0.464 e. The number of fused-ring (bicyclic) bond motifs is 3. The quantitative estimate of drug-likeness (QED) is 0.427. The van der Waals surface area contributed by atoms with Gasteiger partial charge in [0.15, 0.2) is 0 Å². The Bertz CT molecular complexity index is 864. The van der Waals surface area contributed by atoms with Crippen molar-refractivity contribution in [2.24, 2.45) is 5.92 Å². The normalized spacial score (nSPS) is 36.1. The Balaban J connectivity index is 1.63. The van der Waals surface area contributed by atoms with Crippen LogP contribution in [0.2, 0.25) is 0 Å². The Labute approximate surface area is 198 Å². The predicted molar refractivity (Wildman–Crippen MR) is 118 cm³/mol. The van der Waals surface area contributed by atoms with Gasteiger partial charge in [0.05, 0.1) is 12.5 Å². The third-order valence-electron chi connectivity index (χ3n) is 7.33. The van der Waals surface area contributed by atoms with E-state index >= 15 is 0 Å². The van der Waals surface area contributed by atoms with Gasteiger partial charge in [-0.15, -0.1) is 0 Å². The number of hydrogen-bond acceptors (Lipinski definition) is 7.